The fourth-order valence-electron chi connectivity index (χ4n) is 1.46. The van der Waals surface area contributed by atoms with Gasteiger partial charge in [0.2, 0.25) is 6.08 Å². The van der Waals surface area contributed by atoms with Crippen LogP contribution in [-0.4, -0.2) is 20.3 Å². The second-order valence-electron chi connectivity index (χ2n) is 3.13. The Morgan fingerprint density at radius 2 is 2.12 bits per heavy atom. The summed E-state index contributed by atoms with van der Waals surface area (Å²) in [7, 11) is 3.07. The number of benzene rings is 1. The Labute approximate surface area is 98.8 Å². The van der Waals surface area contributed by atoms with Gasteiger partial charge in [-0.15, -0.1) is 0 Å². The summed E-state index contributed by atoms with van der Waals surface area (Å²) in [6.45, 7) is 1.99. The summed E-state index contributed by atoms with van der Waals surface area (Å²) in [5.74, 6) is 1.15. The number of carbonyl (C=O) groups excluding carboxylic acids is 1. The van der Waals surface area contributed by atoms with E-state index in [1.165, 1.54) is 20.3 Å². The maximum Gasteiger partial charge on any atom is 0.235 e. The van der Waals surface area contributed by atoms with E-state index < -0.39 is 0 Å². The van der Waals surface area contributed by atoms with Gasteiger partial charge in [-0.05, 0) is 18.6 Å². The molecule has 0 radical (unpaired) electrons. The summed E-state index contributed by atoms with van der Waals surface area (Å²) in [6.07, 6.45) is 1.47. The molecule has 0 spiro atoms. The zero-order chi connectivity index (χ0) is 12.1. The normalized spacial score (nSPS) is 9.50. The number of ether oxygens (including phenoxy) is 2. The number of hydrogen-bond donors (Lipinski definition) is 0. The van der Waals surface area contributed by atoms with Crippen molar-refractivity contribution in [3.05, 3.63) is 22.2 Å². The van der Waals surface area contributed by atoms with Crippen LogP contribution in [0.25, 0.3) is 0 Å². The van der Waals surface area contributed by atoms with Crippen molar-refractivity contribution in [1.29, 1.82) is 0 Å². The molecule has 0 heterocycles. The van der Waals surface area contributed by atoms with Crippen LogP contribution < -0.4 is 9.47 Å². The Morgan fingerprint density at radius 1 is 1.44 bits per heavy atom. The molecule has 16 heavy (non-hydrogen) atoms. The zero-order valence-corrected chi connectivity index (χ0v) is 10.1. The molecule has 0 saturated heterocycles. The molecule has 4 nitrogen and oxygen atoms in total. The molecule has 0 N–H and O–H groups in total. The fourth-order valence-corrected chi connectivity index (χ4v) is 1.84. The first-order valence-electron chi connectivity index (χ1n) is 4.59. The molecular formula is C11H12ClNO3. The quantitative estimate of drug-likeness (QED) is 0.601. The number of aliphatic imine (C=N–C) groups is 1. The fraction of sp³-hybridized carbons (Fsp3) is 0.364. The van der Waals surface area contributed by atoms with Crippen LogP contribution in [0.2, 0.25) is 5.02 Å². The van der Waals surface area contributed by atoms with E-state index in [0.717, 1.165) is 5.56 Å². The minimum absolute atomic E-state index is 0.127. The number of aryl methyl sites for hydroxylation is 1. The Kier molecular flexibility index (Phi) is 4.35. The molecule has 0 aromatic heterocycles. The van der Waals surface area contributed by atoms with E-state index in [1.807, 2.05) is 6.92 Å². The molecule has 0 unspecified atom stereocenters. The number of hydrogen-bond acceptors (Lipinski definition) is 4. The van der Waals surface area contributed by atoms with Crippen molar-refractivity contribution in [2.45, 2.75) is 13.5 Å². The van der Waals surface area contributed by atoms with Gasteiger partial charge >= 0.3 is 0 Å². The lowest BCUT2D eigenvalue weighted by atomic mass is 10.1. The van der Waals surface area contributed by atoms with Crippen molar-refractivity contribution >= 4 is 17.7 Å². The van der Waals surface area contributed by atoms with E-state index in [9.17, 15) is 4.79 Å². The summed E-state index contributed by atoms with van der Waals surface area (Å²) in [6, 6.07) is 1.79. The first kappa shape index (κ1) is 12.6. The third-order valence-electron chi connectivity index (χ3n) is 2.19. The second kappa shape index (κ2) is 5.54. The number of rotatable bonds is 4. The van der Waals surface area contributed by atoms with Crippen LogP contribution in [0.1, 0.15) is 11.1 Å². The van der Waals surface area contributed by atoms with Gasteiger partial charge in [-0.2, -0.15) is 0 Å². The molecule has 1 aromatic carbocycles. The maximum atomic E-state index is 10.1. The average Bonchev–Trinajstić information content (AvgIpc) is 2.28. The van der Waals surface area contributed by atoms with Crippen molar-refractivity contribution in [3.8, 4) is 11.5 Å². The smallest absolute Gasteiger partial charge is 0.235 e. The Hall–Kier alpha value is -1.51. The Morgan fingerprint density at radius 3 is 2.62 bits per heavy atom. The van der Waals surface area contributed by atoms with E-state index in [4.69, 9.17) is 21.1 Å². The standard InChI is InChI=1S/C11H12ClNO3/c1-7-4-9(15-2)8(5-13-6-14)10(12)11(7)16-3/h4H,5H2,1-3H3. The van der Waals surface area contributed by atoms with Crippen LogP contribution in [0.15, 0.2) is 11.1 Å². The third kappa shape index (κ3) is 2.35. The van der Waals surface area contributed by atoms with Gasteiger partial charge in [0.05, 0.1) is 25.8 Å². The van der Waals surface area contributed by atoms with E-state index in [-0.39, 0.29) is 6.54 Å². The van der Waals surface area contributed by atoms with E-state index in [2.05, 4.69) is 4.99 Å². The van der Waals surface area contributed by atoms with Crippen LogP contribution in [0.3, 0.4) is 0 Å². The van der Waals surface area contributed by atoms with Crippen molar-refractivity contribution < 1.29 is 14.3 Å². The summed E-state index contributed by atoms with van der Waals surface area (Å²) >= 11 is 6.14. The molecule has 0 atom stereocenters. The van der Waals surface area contributed by atoms with E-state index in [1.54, 1.807) is 6.07 Å². The number of halogens is 1. The highest BCUT2D eigenvalue weighted by atomic mass is 35.5. The van der Waals surface area contributed by atoms with Gasteiger partial charge < -0.3 is 9.47 Å². The Balaban J connectivity index is 3.36. The monoisotopic (exact) mass is 241 g/mol. The van der Waals surface area contributed by atoms with Crippen molar-refractivity contribution in [3.63, 3.8) is 0 Å². The Bertz CT molecular complexity index is 439. The largest absolute Gasteiger partial charge is 0.496 e. The summed E-state index contributed by atoms with van der Waals surface area (Å²) in [4.78, 5) is 13.6. The molecule has 0 amide bonds. The van der Waals surface area contributed by atoms with Crippen LogP contribution in [-0.2, 0) is 11.3 Å². The van der Waals surface area contributed by atoms with Crippen molar-refractivity contribution in [2.75, 3.05) is 14.2 Å². The van der Waals surface area contributed by atoms with Crippen LogP contribution in [0.4, 0.5) is 0 Å². The van der Waals surface area contributed by atoms with Gasteiger partial charge in [-0.3, -0.25) is 0 Å². The minimum Gasteiger partial charge on any atom is -0.496 e. The van der Waals surface area contributed by atoms with Crippen LogP contribution in [0, 0.1) is 6.92 Å². The molecule has 0 aliphatic rings. The lowest BCUT2D eigenvalue weighted by Crippen LogP contribution is -1.97. The highest BCUT2D eigenvalue weighted by Gasteiger charge is 2.15. The number of isocyanates is 1. The third-order valence-corrected chi connectivity index (χ3v) is 2.59. The lowest BCUT2D eigenvalue weighted by molar-refractivity contribution is 0.396. The number of nitrogens with zero attached hydrogens (tertiary/aromatic N) is 1. The molecule has 0 aliphatic carbocycles. The number of methoxy groups -OCH3 is 2. The summed E-state index contributed by atoms with van der Waals surface area (Å²) in [5, 5.41) is 0.415. The summed E-state index contributed by atoms with van der Waals surface area (Å²) in [5.41, 5.74) is 1.48. The van der Waals surface area contributed by atoms with Crippen LogP contribution >= 0.6 is 11.6 Å². The molecule has 5 heteroatoms. The zero-order valence-electron chi connectivity index (χ0n) is 9.33. The molecule has 0 fully saturated rings. The lowest BCUT2D eigenvalue weighted by Gasteiger charge is -2.14. The topological polar surface area (TPSA) is 47.9 Å². The molecule has 0 aliphatic heterocycles. The first-order valence-corrected chi connectivity index (χ1v) is 4.97. The molecular weight excluding hydrogens is 230 g/mol. The van der Waals surface area contributed by atoms with E-state index in [0.29, 0.717) is 22.1 Å². The predicted molar refractivity (Wildman–Crippen MR) is 61.1 cm³/mol. The molecule has 0 bridgehead atoms. The molecule has 1 aromatic rings. The SMILES string of the molecule is COc1cc(C)c(OC)c(Cl)c1CN=C=O. The van der Waals surface area contributed by atoms with Crippen molar-refractivity contribution in [1.82, 2.24) is 0 Å². The van der Waals surface area contributed by atoms with Gasteiger partial charge in [-0.1, -0.05) is 11.6 Å². The molecule has 1 rings (SSSR count). The van der Waals surface area contributed by atoms with Gasteiger partial charge in [0.25, 0.3) is 0 Å². The van der Waals surface area contributed by atoms with Crippen LogP contribution in [0.5, 0.6) is 11.5 Å². The van der Waals surface area contributed by atoms with E-state index >= 15 is 0 Å². The van der Waals surface area contributed by atoms with Gasteiger partial charge in [0.1, 0.15) is 11.5 Å². The second-order valence-corrected chi connectivity index (χ2v) is 3.51. The highest BCUT2D eigenvalue weighted by molar-refractivity contribution is 6.33. The maximum absolute atomic E-state index is 10.1. The summed E-state index contributed by atoms with van der Waals surface area (Å²) < 4.78 is 10.3. The minimum atomic E-state index is 0.127. The first-order chi connectivity index (χ1) is 7.65. The van der Waals surface area contributed by atoms with Gasteiger partial charge in [-0.25, -0.2) is 9.79 Å². The molecule has 0 saturated carbocycles. The van der Waals surface area contributed by atoms with Gasteiger partial charge in [0, 0.05) is 5.56 Å². The van der Waals surface area contributed by atoms with Gasteiger partial charge in [0.15, 0.2) is 0 Å². The van der Waals surface area contributed by atoms with Crippen molar-refractivity contribution in [2.24, 2.45) is 4.99 Å². The average molecular weight is 242 g/mol. The highest BCUT2D eigenvalue weighted by Crippen LogP contribution is 2.38. The predicted octanol–water partition coefficient (Wildman–Crippen LogP) is 2.50. The molecule has 86 valence electrons.